The van der Waals surface area contributed by atoms with Crippen LogP contribution in [-0.2, 0) is 15.4 Å². The number of para-hydroxylation sites is 2. The normalized spacial score (nSPS) is 23.0. The molecule has 0 spiro atoms. The van der Waals surface area contributed by atoms with Crippen molar-refractivity contribution in [2.75, 3.05) is 19.6 Å². The van der Waals surface area contributed by atoms with E-state index in [2.05, 4.69) is 40.7 Å². The fraction of sp³-hybridized carbons (Fsp3) is 0.444. The second-order valence-corrected chi connectivity index (χ2v) is 15.7. The first kappa shape index (κ1) is 32.2. The summed E-state index contributed by atoms with van der Waals surface area (Å²) >= 11 is 6.07. The van der Waals surface area contributed by atoms with Crippen molar-refractivity contribution in [1.82, 2.24) is 19.4 Å². The summed E-state index contributed by atoms with van der Waals surface area (Å²) in [5.41, 5.74) is 3.81. The standard InChI is InChI=1S/C36H41ClFN5O3S/c1-23-7-9-26(20-31(23)38)36(13-16-41(17-14-36)35(44)25-8-12-30(37)34(19-25)47(39,45)46)15-18-42-27-10-11-28(42)22-29(21-27)43-24(2)40-32-5-3-4-6-33(32)43/h3-9,12,19-20,27-29H,10-11,13-18,21-22H2,1-2H3,(H2,39,45,46)/t27-,28+,29?. The van der Waals surface area contributed by atoms with Crippen molar-refractivity contribution in [2.45, 2.75) is 87.2 Å². The van der Waals surface area contributed by atoms with Crippen LogP contribution in [0.3, 0.4) is 0 Å². The molecule has 3 aliphatic heterocycles. The lowest BCUT2D eigenvalue weighted by Gasteiger charge is -2.45. The quantitative estimate of drug-likeness (QED) is 0.240. The Labute approximate surface area is 280 Å². The number of rotatable bonds is 7. The molecule has 0 saturated carbocycles. The minimum Gasteiger partial charge on any atom is -0.339 e. The summed E-state index contributed by atoms with van der Waals surface area (Å²) in [6, 6.07) is 19.6. The molecule has 3 atom stereocenters. The minimum atomic E-state index is -4.08. The van der Waals surface area contributed by atoms with E-state index in [1.165, 1.54) is 36.6 Å². The van der Waals surface area contributed by atoms with Gasteiger partial charge in [-0.15, -0.1) is 0 Å². The second-order valence-electron chi connectivity index (χ2n) is 13.7. The molecule has 3 saturated heterocycles. The highest BCUT2D eigenvalue weighted by molar-refractivity contribution is 7.89. The topological polar surface area (TPSA) is 102 Å². The van der Waals surface area contributed by atoms with Crippen LogP contribution in [0.15, 0.2) is 65.6 Å². The number of nitrogens with two attached hydrogens (primary N) is 1. The average Bonchev–Trinajstić information content (AvgIpc) is 3.51. The number of hydrogen-bond acceptors (Lipinski definition) is 5. The average molecular weight is 678 g/mol. The van der Waals surface area contributed by atoms with Crippen molar-refractivity contribution in [3.63, 3.8) is 0 Å². The summed E-state index contributed by atoms with van der Waals surface area (Å²) in [6.07, 6.45) is 6.79. The number of amides is 1. The third kappa shape index (κ3) is 5.98. The Bertz CT molecular complexity index is 1940. The number of benzene rings is 3. The van der Waals surface area contributed by atoms with Crippen LogP contribution in [0.25, 0.3) is 11.0 Å². The molecule has 8 nitrogen and oxygen atoms in total. The van der Waals surface area contributed by atoms with Crippen LogP contribution in [0, 0.1) is 19.7 Å². The molecule has 3 aromatic carbocycles. The number of primary sulfonamides is 1. The van der Waals surface area contributed by atoms with E-state index in [1.54, 1.807) is 17.9 Å². The molecule has 4 heterocycles. The number of halogens is 2. The van der Waals surface area contributed by atoms with E-state index in [0.29, 0.717) is 49.6 Å². The van der Waals surface area contributed by atoms with E-state index in [4.69, 9.17) is 21.7 Å². The fourth-order valence-electron chi connectivity index (χ4n) is 8.57. The van der Waals surface area contributed by atoms with Crippen LogP contribution in [0.2, 0.25) is 5.02 Å². The van der Waals surface area contributed by atoms with Crippen molar-refractivity contribution in [2.24, 2.45) is 5.14 Å². The third-order valence-corrected chi connectivity index (χ3v) is 12.5. The van der Waals surface area contributed by atoms with Crippen LogP contribution in [0.1, 0.15) is 78.3 Å². The number of fused-ring (bicyclic) bond motifs is 3. The number of carbonyl (C=O) groups is 1. The largest absolute Gasteiger partial charge is 0.339 e. The predicted molar refractivity (Wildman–Crippen MR) is 182 cm³/mol. The van der Waals surface area contributed by atoms with Crippen molar-refractivity contribution in [1.29, 1.82) is 0 Å². The maximum Gasteiger partial charge on any atom is 0.253 e. The zero-order valence-electron chi connectivity index (χ0n) is 26.8. The lowest BCUT2D eigenvalue weighted by molar-refractivity contribution is 0.0606. The smallest absolute Gasteiger partial charge is 0.253 e. The summed E-state index contributed by atoms with van der Waals surface area (Å²) < 4.78 is 41.5. The second kappa shape index (κ2) is 12.3. The number of likely N-dealkylation sites (tertiary alicyclic amines) is 1. The maximum atomic E-state index is 15.0. The van der Waals surface area contributed by atoms with Crippen molar-refractivity contribution >= 4 is 38.6 Å². The molecular weight excluding hydrogens is 637 g/mol. The molecule has 7 rings (SSSR count). The lowest BCUT2D eigenvalue weighted by Crippen LogP contribution is -2.49. The molecule has 1 aromatic heterocycles. The molecule has 3 fully saturated rings. The molecule has 2 N–H and O–H groups in total. The van der Waals surface area contributed by atoms with Gasteiger partial charge < -0.3 is 9.47 Å². The molecular formula is C36H41ClFN5O3S. The molecule has 0 radical (unpaired) electrons. The van der Waals surface area contributed by atoms with Gasteiger partial charge in [0.2, 0.25) is 10.0 Å². The summed E-state index contributed by atoms with van der Waals surface area (Å²) in [4.78, 5) is 22.6. The molecule has 3 aliphatic rings. The first-order chi connectivity index (χ1) is 22.4. The first-order valence-corrected chi connectivity index (χ1v) is 18.4. The van der Waals surface area contributed by atoms with Crippen LogP contribution >= 0.6 is 11.6 Å². The van der Waals surface area contributed by atoms with E-state index < -0.39 is 10.0 Å². The highest BCUT2D eigenvalue weighted by Gasteiger charge is 2.44. The van der Waals surface area contributed by atoms with E-state index in [9.17, 15) is 17.6 Å². The van der Waals surface area contributed by atoms with Gasteiger partial charge in [0.1, 0.15) is 16.5 Å². The van der Waals surface area contributed by atoms with Crippen molar-refractivity contribution < 1.29 is 17.6 Å². The van der Waals surface area contributed by atoms with Crippen LogP contribution in [0.5, 0.6) is 0 Å². The van der Waals surface area contributed by atoms with Gasteiger partial charge in [-0.2, -0.15) is 0 Å². The van der Waals surface area contributed by atoms with Crippen molar-refractivity contribution in [3.8, 4) is 0 Å². The van der Waals surface area contributed by atoms with Gasteiger partial charge in [-0.1, -0.05) is 35.9 Å². The van der Waals surface area contributed by atoms with Crippen LogP contribution in [0.4, 0.5) is 4.39 Å². The van der Waals surface area contributed by atoms with Gasteiger partial charge in [0.05, 0.1) is 16.1 Å². The number of carbonyl (C=O) groups excluding carboxylic acids is 1. The number of hydrogen-bond donors (Lipinski definition) is 1. The number of nitrogens with zero attached hydrogens (tertiary/aromatic N) is 4. The monoisotopic (exact) mass is 677 g/mol. The molecule has 248 valence electrons. The molecule has 0 aliphatic carbocycles. The van der Waals surface area contributed by atoms with Crippen molar-refractivity contribution in [3.05, 3.63) is 94.0 Å². The summed E-state index contributed by atoms with van der Waals surface area (Å²) in [7, 11) is -4.08. The molecule has 1 amide bonds. The lowest BCUT2D eigenvalue weighted by atomic mass is 9.70. The summed E-state index contributed by atoms with van der Waals surface area (Å²) in [6.45, 7) is 5.76. The predicted octanol–water partition coefficient (Wildman–Crippen LogP) is 6.53. The van der Waals surface area contributed by atoms with Gasteiger partial charge >= 0.3 is 0 Å². The number of sulfonamides is 1. The van der Waals surface area contributed by atoms with Gasteiger partial charge in [0, 0.05) is 36.8 Å². The van der Waals surface area contributed by atoms with Gasteiger partial charge in [0.25, 0.3) is 5.91 Å². The Hall–Kier alpha value is -3.31. The SMILES string of the molecule is Cc1ccc(C2(CCN3[C@@H]4CC[C@H]3CC(n3c(C)nc5ccccc53)C4)CCN(C(=O)c3ccc(Cl)c(S(N)(=O)=O)c3)CC2)cc1F. The van der Waals surface area contributed by atoms with Gasteiger partial charge in [0.15, 0.2) is 0 Å². The summed E-state index contributed by atoms with van der Waals surface area (Å²) in [5.74, 6) is 0.601. The van der Waals surface area contributed by atoms with E-state index in [-0.39, 0.29) is 32.6 Å². The number of aryl methyl sites for hydroxylation is 2. The maximum absolute atomic E-state index is 15.0. The van der Waals surface area contributed by atoms with Gasteiger partial charge in [-0.25, -0.2) is 22.9 Å². The molecule has 47 heavy (non-hydrogen) atoms. The zero-order chi connectivity index (χ0) is 33.1. The van der Waals surface area contributed by atoms with E-state index in [0.717, 1.165) is 42.7 Å². The highest BCUT2D eigenvalue weighted by atomic mass is 35.5. The van der Waals surface area contributed by atoms with E-state index >= 15 is 0 Å². The number of aromatic nitrogens is 2. The van der Waals surface area contributed by atoms with Gasteiger partial charge in [-0.3, -0.25) is 9.69 Å². The molecule has 11 heteroatoms. The fourth-order valence-corrected chi connectivity index (χ4v) is 9.64. The van der Waals surface area contributed by atoms with Gasteiger partial charge in [-0.05, 0) is 118 Å². The molecule has 1 unspecified atom stereocenters. The molecule has 4 aromatic rings. The third-order valence-electron chi connectivity index (χ3n) is 11.1. The Balaban J connectivity index is 1.09. The Morgan fingerprint density at radius 3 is 2.38 bits per heavy atom. The number of imidazole rings is 1. The zero-order valence-corrected chi connectivity index (χ0v) is 28.4. The van der Waals surface area contributed by atoms with E-state index in [1.807, 2.05) is 12.1 Å². The highest BCUT2D eigenvalue weighted by Crippen LogP contribution is 2.45. The minimum absolute atomic E-state index is 0.0189. The van der Waals surface area contributed by atoms with Crippen LogP contribution < -0.4 is 5.14 Å². The van der Waals surface area contributed by atoms with Crippen LogP contribution in [-0.4, -0.2) is 65.4 Å². The molecule has 2 bridgehead atoms. The first-order valence-electron chi connectivity index (χ1n) is 16.5. The Morgan fingerprint density at radius 1 is 1.00 bits per heavy atom. The Morgan fingerprint density at radius 2 is 1.70 bits per heavy atom. The summed E-state index contributed by atoms with van der Waals surface area (Å²) in [5, 5.41) is 5.31. The number of piperidine rings is 2. The Kier molecular flexibility index (Phi) is 8.43.